The first-order valence-corrected chi connectivity index (χ1v) is 14.2. The summed E-state index contributed by atoms with van der Waals surface area (Å²) in [4.78, 5) is 32.2. The van der Waals surface area contributed by atoms with Gasteiger partial charge in [-0.1, -0.05) is 37.6 Å². The van der Waals surface area contributed by atoms with Crippen molar-refractivity contribution in [3.8, 4) is 11.5 Å². The third-order valence-corrected chi connectivity index (χ3v) is 8.30. The highest BCUT2D eigenvalue weighted by molar-refractivity contribution is 7.10. The molecule has 0 N–H and O–H groups in total. The normalized spacial score (nSPS) is 14.8. The highest BCUT2D eigenvalue weighted by Gasteiger charge is 2.34. The highest BCUT2D eigenvalue weighted by Crippen LogP contribution is 2.34. The van der Waals surface area contributed by atoms with Crippen LogP contribution in [0.3, 0.4) is 0 Å². The number of hydrogen-bond acceptors (Lipinski definition) is 5. The highest BCUT2D eigenvalue weighted by atomic mass is 35.5. The van der Waals surface area contributed by atoms with Gasteiger partial charge in [0.2, 0.25) is 5.91 Å². The summed E-state index contributed by atoms with van der Waals surface area (Å²) in [5, 5.41) is 2.76. The maximum atomic E-state index is 13.8. The summed E-state index contributed by atoms with van der Waals surface area (Å²) in [5.74, 6) is 1.32. The number of aryl methyl sites for hydroxylation is 1. The molecule has 2 heterocycles. The summed E-state index contributed by atoms with van der Waals surface area (Å²) in [7, 11) is 1.55. The molecule has 202 valence electrons. The minimum Gasteiger partial charge on any atom is -0.496 e. The summed E-state index contributed by atoms with van der Waals surface area (Å²) in [6.07, 6.45) is 1.59. The molecule has 2 aromatic carbocycles. The summed E-state index contributed by atoms with van der Waals surface area (Å²) < 4.78 is 11.6. The van der Waals surface area contributed by atoms with Crippen molar-refractivity contribution in [1.82, 2.24) is 9.80 Å². The standard InChI is InChI=1S/C30H35ClN2O4S/c1-20(2)11-14-32(30(35)24-7-5-6-8-27(24)36-4)18-29(34)33-15-12-28-23(13-16-38-28)26(33)19-37-22-9-10-25(31)21(3)17-22/h5-10,13,16-17,20,26H,11-12,14-15,18-19H2,1-4H3. The van der Waals surface area contributed by atoms with Gasteiger partial charge < -0.3 is 19.3 Å². The van der Waals surface area contributed by atoms with Crippen LogP contribution in [0.25, 0.3) is 0 Å². The van der Waals surface area contributed by atoms with E-state index >= 15 is 0 Å². The van der Waals surface area contributed by atoms with Crippen LogP contribution < -0.4 is 9.47 Å². The molecular weight excluding hydrogens is 520 g/mol. The van der Waals surface area contributed by atoms with E-state index in [1.165, 1.54) is 4.88 Å². The molecule has 8 heteroatoms. The number of methoxy groups -OCH3 is 1. The molecule has 1 aliphatic rings. The first-order chi connectivity index (χ1) is 18.3. The Morgan fingerprint density at radius 3 is 2.71 bits per heavy atom. The van der Waals surface area contributed by atoms with Crippen molar-refractivity contribution in [3.05, 3.63) is 80.5 Å². The number of rotatable bonds is 10. The molecule has 38 heavy (non-hydrogen) atoms. The van der Waals surface area contributed by atoms with Crippen molar-refractivity contribution in [2.75, 3.05) is 33.4 Å². The van der Waals surface area contributed by atoms with Gasteiger partial charge in [-0.25, -0.2) is 0 Å². The van der Waals surface area contributed by atoms with E-state index in [-0.39, 0.29) is 24.4 Å². The average molecular weight is 555 g/mol. The van der Waals surface area contributed by atoms with Crippen molar-refractivity contribution in [3.63, 3.8) is 0 Å². The number of hydrogen-bond donors (Lipinski definition) is 0. The first-order valence-electron chi connectivity index (χ1n) is 13.0. The minimum absolute atomic E-state index is 0.000372. The summed E-state index contributed by atoms with van der Waals surface area (Å²) >= 11 is 7.89. The second kappa shape index (κ2) is 12.7. The molecule has 1 atom stereocenters. The van der Waals surface area contributed by atoms with E-state index < -0.39 is 0 Å². The molecule has 1 aliphatic heterocycles. The zero-order chi connectivity index (χ0) is 27.2. The number of carbonyl (C=O) groups excluding carboxylic acids is 2. The summed E-state index contributed by atoms with van der Waals surface area (Å²) in [6.45, 7) is 7.56. The Labute approximate surface area is 234 Å². The minimum atomic E-state index is -0.234. The van der Waals surface area contributed by atoms with Crippen molar-refractivity contribution in [1.29, 1.82) is 0 Å². The van der Waals surface area contributed by atoms with E-state index in [0.717, 1.165) is 24.0 Å². The number of fused-ring (bicyclic) bond motifs is 1. The average Bonchev–Trinajstić information content (AvgIpc) is 3.40. The molecule has 0 saturated carbocycles. The van der Waals surface area contributed by atoms with Gasteiger partial charge in [0.1, 0.15) is 24.7 Å². The van der Waals surface area contributed by atoms with Crippen LogP contribution >= 0.6 is 22.9 Å². The fraction of sp³-hybridized carbons (Fsp3) is 0.400. The predicted octanol–water partition coefficient (Wildman–Crippen LogP) is 6.41. The lowest BCUT2D eigenvalue weighted by molar-refractivity contribution is -0.135. The molecule has 0 bridgehead atoms. The molecule has 6 nitrogen and oxygen atoms in total. The van der Waals surface area contributed by atoms with Gasteiger partial charge in [0, 0.05) is 23.0 Å². The lowest BCUT2D eigenvalue weighted by Crippen LogP contribution is -2.48. The van der Waals surface area contributed by atoms with E-state index in [9.17, 15) is 9.59 Å². The lowest BCUT2D eigenvalue weighted by atomic mass is 10.00. The maximum Gasteiger partial charge on any atom is 0.258 e. The Kier molecular flexibility index (Phi) is 9.34. The fourth-order valence-corrected chi connectivity index (χ4v) is 5.71. The predicted molar refractivity (Wildman–Crippen MR) is 153 cm³/mol. The van der Waals surface area contributed by atoms with Crippen LogP contribution in [0, 0.1) is 12.8 Å². The molecule has 0 aliphatic carbocycles. The van der Waals surface area contributed by atoms with Gasteiger partial charge >= 0.3 is 0 Å². The molecular formula is C30H35ClN2O4S. The monoisotopic (exact) mass is 554 g/mol. The number of amides is 2. The number of benzene rings is 2. The molecule has 0 fully saturated rings. The number of para-hydroxylation sites is 1. The fourth-order valence-electron chi connectivity index (χ4n) is 4.67. The molecule has 1 aromatic heterocycles. The molecule has 0 saturated heterocycles. The quantitative estimate of drug-likeness (QED) is 0.290. The first kappa shape index (κ1) is 28.0. The lowest BCUT2D eigenvalue weighted by Gasteiger charge is -2.37. The van der Waals surface area contributed by atoms with E-state index in [2.05, 4.69) is 25.3 Å². The Bertz CT molecular complexity index is 1270. The zero-order valence-electron chi connectivity index (χ0n) is 22.4. The zero-order valence-corrected chi connectivity index (χ0v) is 24.0. The molecule has 1 unspecified atom stereocenters. The number of thiophene rings is 1. The Balaban J connectivity index is 1.55. The molecule has 3 aromatic rings. The largest absolute Gasteiger partial charge is 0.496 e. The molecule has 0 radical (unpaired) electrons. The Morgan fingerprint density at radius 1 is 1.18 bits per heavy atom. The topological polar surface area (TPSA) is 59.1 Å². The maximum absolute atomic E-state index is 13.8. The van der Waals surface area contributed by atoms with E-state index in [0.29, 0.717) is 47.7 Å². The Hall–Kier alpha value is -3.03. The number of carbonyl (C=O) groups is 2. The summed E-state index contributed by atoms with van der Waals surface area (Å²) in [5.41, 5.74) is 2.51. The molecule has 2 amide bonds. The van der Waals surface area contributed by atoms with Crippen molar-refractivity contribution in [2.45, 2.75) is 39.7 Å². The number of halogens is 1. The van der Waals surface area contributed by atoms with Crippen LogP contribution in [0.4, 0.5) is 0 Å². The third kappa shape index (κ3) is 6.51. The van der Waals surface area contributed by atoms with Gasteiger partial charge in [-0.15, -0.1) is 11.3 Å². The van der Waals surface area contributed by atoms with Gasteiger partial charge in [-0.3, -0.25) is 9.59 Å². The number of nitrogens with zero attached hydrogens (tertiary/aromatic N) is 2. The van der Waals surface area contributed by atoms with Crippen LogP contribution in [0.1, 0.15) is 52.7 Å². The van der Waals surface area contributed by atoms with Crippen molar-refractivity contribution < 1.29 is 19.1 Å². The molecule has 4 rings (SSSR count). The van der Waals surface area contributed by atoms with Crippen molar-refractivity contribution in [2.24, 2.45) is 5.92 Å². The van der Waals surface area contributed by atoms with Gasteiger partial charge in [-0.05, 0) is 78.6 Å². The smallest absolute Gasteiger partial charge is 0.258 e. The number of ether oxygens (including phenoxy) is 2. The van der Waals surface area contributed by atoms with Crippen LogP contribution in [0.5, 0.6) is 11.5 Å². The van der Waals surface area contributed by atoms with Gasteiger partial charge in [-0.2, -0.15) is 0 Å². The van der Waals surface area contributed by atoms with E-state index in [1.54, 1.807) is 35.5 Å². The van der Waals surface area contributed by atoms with Crippen molar-refractivity contribution >= 4 is 34.8 Å². The van der Waals surface area contributed by atoms with E-state index in [4.69, 9.17) is 21.1 Å². The Morgan fingerprint density at radius 2 is 1.97 bits per heavy atom. The van der Waals surface area contributed by atoms with Gasteiger partial charge in [0.25, 0.3) is 5.91 Å². The molecule has 0 spiro atoms. The van der Waals surface area contributed by atoms with E-state index in [1.807, 2.05) is 42.2 Å². The third-order valence-electron chi connectivity index (χ3n) is 6.88. The second-order valence-corrected chi connectivity index (χ2v) is 11.4. The van der Waals surface area contributed by atoms with Gasteiger partial charge in [0.15, 0.2) is 0 Å². The summed E-state index contributed by atoms with van der Waals surface area (Å²) in [6, 6.07) is 14.6. The SMILES string of the molecule is COc1ccccc1C(=O)N(CCC(C)C)CC(=O)N1CCc2sccc2C1COc1ccc(Cl)c(C)c1. The van der Waals surface area contributed by atoms with Crippen LogP contribution in [-0.4, -0.2) is 55.0 Å². The second-order valence-electron chi connectivity index (χ2n) is 9.98. The van der Waals surface area contributed by atoms with Crippen LogP contribution in [0.15, 0.2) is 53.9 Å². The van der Waals surface area contributed by atoms with Crippen LogP contribution in [-0.2, 0) is 11.2 Å². The van der Waals surface area contributed by atoms with Gasteiger partial charge in [0.05, 0.1) is 18.7 Å². The van der Waals surface area contributed by atoms with Crippen LogP contribution in [0.2, 0.25) is 5.02 Å².